The number of hydrogen-bond acceptors (Lipinski definition) is 7. The van der Waals surface area contributed by atoms with Crippen LogP contribution in [0.5, 0.6) is 0 Å². The quantitative estimate of drug-likeness (QED) is 0.441. The first kappa shape index (κ1) is 18.4. The van der Waals surface area contributed by atoms with Gasteiger partial charge in [0.05, 0.1) is 18.1 Å². The summed E-state index contributed by atoms with van der Waals surface area (Å²) in [5, 5.41) is 14.8. The highest BCUT2D eigenvalue weighted by Gasteiger charge is 2.39. The van der Waals surface area contributed by atoms with Gasteiger partial charge in [-0.2, -0.15) is 0 Å². The van der Waals surface area contributed by atoms with Crippen molar-refractivity contribution in [1.29, 1.82) is 0 Å². The average Bonchev–Trinajstić information content (AvgIpc) is 2.98. The zero-order valence-electron chi connectivity index (χ0n) is 14.5. The van der Waals surface area contributed by atoms with Crippen LogP contribution in [0.25, 0.3) is 0 Å². The summed E-state index contributed by atoms with van der Waals surface area (Å²) in [5.41, 5.74) is 1.15. The minimum absolute atomic E-state index is 0.100. The Kier molecular flexibility index (Phi) is 5.58. The molecule has 26 heavy (non-hydrogen) atoms. The van der Waals surface area contributed by atoms with Gasteiger partial charge in [0.2, 0.25) is 5.91 Å². The van der Waals surface area contributed by atoms with Gasteiger partial charge in [-0.15, -0.1) is 0 Å². The van der Waals surface area contributed by atoms with Gasteiger partial charge in [0.15, 0.2) is 5.82 Å². The lowest BCUT2D eigenvalue weighted by Crippen LogP contribution is -2.47. The topological polar surface area (TPSA) is 94.8 Å². The summed E-state index contributed by atoms with van der Waals surface area (Å²) in [6.07, 6.45) is 1.69. The van der Waals surface area contributed by atoms with Gasteiger partial charge in [-0.05, 0) is 11.6 Å². The normalized spacial score (nSPS) is 17.5. The number of pyridine rings is 1. The molecule has 0 saturated carbocycles. The monoisotopic (exact) mass is 380 g/mol. The fraction of sp³-hybridized carbons (Fsp3) is 0.500. The summed E-state index contributed by atoms with van der Waals surface area (Å²) in [5.74, 6) is 0.581. The fourth-order valence-corrected chi connectivity index (χ4v) is 3.40. The molecule has 0 bridgehead atoms. The van der Waals surface area contributed by atoms with E-state index in [1.165, 1.54) is 6.92 Å². The highest BCUT2D eigenvalue weighted by Crippen LogP contribution is 2.28. The summed E-state index contributed by atoms with van der Waals surface area (Å²) in [6, 6.07) is 3.60. The molecule has 1 aromatic heterocycles. The lowest BCUT2D eigenvalue weighted by molar-refractivity contribution is -0.433. The molecule has 0 aromatic carbocycles. The van der Waals surface area contributed by atoms with Gasteiger partial charge < -0.3 is 15.1 Å². The Labute approximate surface area is 156 Å². The zero-order chi connectivity index (χ0) is 18.7. The first-order valence-corrected chi connectivity index (χ1v) is 8.76. The predicted octanol–water partition coefficient (Wildman–Crippen LogP) is 0.708. The van der Waals surface area contributed by atoms with E-state index in [0.29, 0.717) is 37.3 Å². The van der Waals surface area contributed by atoms with Crippen LogP contribution >= 0.6 is 11.6 Å². The fourth-order valence-electron chi connectivity index (χ4n) is 3.28. The Morgan fingerprint density at radius 1 is 1.42 bits per heavy atom. The first-order chi connectivity index (χ1) is 12.4. The average molecular weight is 381 g/mol. The number of carbonyl (C=O) groups excluding carboxylic acids is 1. The molecule has 10 heteroatoms. The molecule has 0 radical (unpaired) electrons. The number of nitro groups is 1. The van der Waals surface area contributed by atoms with Gasteiger partial charge >= 0.3 is 0 Å². The Balaban J connectivity index is 1.74. The standard InChI is InChI=1S/C16H21ClN6O3/c1-12(24)18-4-5-20-10-14(23(25)26)16-21(6-7-22(16)11-20)9-13-2-3-15(17)19-8-13/h2-3,8H,4-7,9-11H2,1H3,(H,18,24). The number of aromatic nitrogens is 1. The second kappa shape index (κ2) is 7.88. The number of rotatable bonds is 6. The van der Waals surface area contributed by atoms with E-state index in [0.717, 1.165) is 18.7 Å². The van der Waals surface area contributed by atoms with Crippen molar-refractivity contribution in [3.63, 3.8) is 0 Å². The lowest BCUT2D eigenvalue weighted by atomic mass is 10.2. The third-order valence-corrected chi connectivity index (χ3v) is 4.65. The van der Waals surface area contributed by atoms with Gasteiger partial charge in [0, 0.05) is 45.8 Å². The molecule has 0 atom stereocenters. The molecule has 0 spiro atoms. The maximum atomic E-state index is 11.6. The zero-order valence-corrected chi connectivity index (χ0v) is 15.3. The van der Waals surface area contributed by atoms with E-state index in [1.54, 1.807) is 12.3 Å². The molecule has 1 aromatic rings. The Morgan fingerprint density at radius 2 is 2.23 bits per heavy atom. The van der Waals surface area contributed by atoms with Crippen LogP contribution in [0.15, 0.2) is 29.8 Å². The summed E-state index contributed by atoms with van der Waals surface area (Å²) >= 11 is 5.82. The number of fused-ring (bicyclic) bond motifs is 1. The third kappa shape index (κ3) is 4.23. The summed E-state index contributed by atoms with van der Waals surface area (Å²) in [4.78, 5) is 32.4. The van der Waals surface area contributed by atoms with Gasteiger partial charge in [-0.1, -0.05) is 17.7 Å². The van der Waals surface area contributed by atoms with Crippen molar-refractivity contribution in [1.82, 2.24) is 25.0 Å². The van der Waals surface area contributed by atoms with Crippen molar-refractivity contribution < 1.29 is 9.72 Å². The molecule has 2 aliphatic heterocycles. The highest BCUT2D eigenvalue weighted by atomic mass is 35.5. The smallest absolute Gasteiger partial charge is 0.300 e. The number of nitrogens with one attached hydrogen (secondary N) is 1. The summed E-state index contributed by atoms with van der Waals surface area (Å²) < 4.78 is 0. The van der Waals surface area contributed by atoms with E-state index >= 15 is 0 Å². The molecule has 0 unspecified atom stereocenters. The second-order valence-electron chi connectivity index (χ2n) is 6.38. The van der Waals surface area contributed by atoms with E-state index in [-0.39, 0.29) is 23.1 Å². The molecular weight excluding hydrogens is 360 g/mol. The predicted molar refractivity (Wildman–Crippen MR) is 95.5 cm³/mol. The van der Waals surface area contributed by atoms with Gasteiger partial charge in [0.25, 0.3) is 5.70 Å². The molecule has 9 nitrogen and oxygen atoms in total. The SMILES string of the molecule is CC(=O)NCCN1CC([N+](=O)[O-])=C2N(Cc3ccc(Cl)nc3)CCN2C1. The van der Waals surface area contributed by atoms with Crippen LogP contribution in [0.4, 0.5) is 0 Å². The minimum Gasteiger partial charge on any atom is -0.355 e. The van der Waals surface area contributed by atoms with Crippen molar-refractivity contribution >= 4 is 17.5 Å². The van der Waals surface area contributed by atoms with Crippen LogP contribution in [0.2, 0.25) is 5.15 Å². The maximum Gasteiger partial charge on any atom is 0.300 e. The molecule has 1 saturated heterocycles. The number of amides is 1. The molecule has 140 valence electrons. The van der Waals surface area contributed by atoms with E-state index < -0.39 is 0 Å². The molecular formula is C16H21ClN6O3. The van der Waals surface area contributed by atoms with Crippen molar-refractivity contribution in [2.45, 2.75) is 13.5 Å². The lowest BCUT2D eigenvalue weighted by Gasteiger charge is -2.34. The Morgan fingerprint density at radius 3 is 2.88 bits per heavy atom. The molecule has 1 fully saturated rings. The molecule has 3 heterocycles. The van der Waals surface area contributed by atoms with Crippen LogP contribution in [0.1, 0.15) is 12.5 Å². The number of nitrogens with zero attached hydrogens (tertiary/aromatic N) is 5. The maximum absolute atomic E-state index is 11.6. The van der Waals surface area contributed by atoms with Gasteiger partial charge in [-0.25, -0.2) is 4.98 Å². The van der Waals surface area contributed by atoms with Crippen molar-refractivity contribution in [2.24, 2.45) is 0 Å². The minimum atomic E-state index is -0.300. The van der Waals surface area contributed by atoms with Crippen LogP contribution in [0, 0.1) is 10.1 Å². The van der Waals surface area contributed by atoms with Gasteiger partial charge in [-0.3, -0.25) is 19.8 Å². The Hall–Kier alpha value is -2.39. The third-order valence-electron chi connectivity index (χ3n) is 4.43. The van der Waals surface area contributed by atoms with E-state index in [4.69, 9.17) is 11.6 Å². The molecule has 1 amide bonds. The molecule has 1 N–H and O–H groups in total. The summed E-state index contributed by atoms with van der Waals surface area (Å²) in [6.45, 7) is 5.37. The van der Waals surface area contributed by atoms with Crippen LogP contribution in [-0.4, -0.2) is 69.9 Å². The Bertz CT molecular complexity index is 723. The number of hydrogen-bond donors (Lipinski definition) is 1. The largest absolute Gasteiger partial charge is 0.355 e. The van der Waals surface area contributed by atoms with Crippen molar-refractivity contribution in [3.05, 3.63) is 50.7 Å². The summed E-state index contributed by atoms with van der Waals surface area (Å²) in [7, 11) is 0. The molecule has 3 rings (SSSR count). The molecule has 2 aliphatic rings. The van der Waals surface area contributed by atoms with E-state index in [9.17, 15) is 14.9 Å². The number of halogens is 1. The van der Waals surface area contributed by atoms with E-state index in [1.807, 2.05) is 20.8 Å². The van der Waals surface area contributed by atoms with Crippen LogP contribution in [-0.2, 0) is 11.3 Å². The van der Waals surface area contributed by atoms with Crippen LogP contribution < -0.4 is 5.32 Å². The van der Waals surface area contributed by atoms with E-state index in [2.05, 4.69) is 10.3 Å². The van der Waals surface area contributed by atoms with Crippen molar-refractivity contribution in [3.8, 4) is 0 Å². The first-order valence-electron chi connectivity index (χ1n) is 8.38. The second-order valence-corrected chi connectivity index (χ2v) is 6.77. The van der Waals surface area contributed by atoms with Crippen LogP contribution in [0.3, 0.4) is 0 Å². The van der Waals surface area contributed by atoms with Crippen molar-refractivity contribution in [2.75, 3.05) is 39.4 Å². The highest BCUT2D eigenvalue weighted by molar-refractivity contribution is 6.29. The van der Waals surface area contributed by atoms with Gasteiger partial charge in [0.1, 0.15) is 5.15 Å². The number of carbonyl (C=O) groups is 1. The molecule has 0 aliphatic carbocycles.